The number of hydrogen-bond acceptors (Lipinski definition) is 5. The fraction of sp³-hybridized carbons (Fsp3) is 0.500. The molecule has 8 heteroatoms. The lowest BCUT2D eigenvalue weighted by Gasteiger charge is -2.29. The van der Waals surface area contributed by atoms with Crippen LogP contribution >= 0.6 is 0 Å². The van der Waals surface area contributed by atoms with Crippen LogP contribution in [0.4, 0.5) is 10.5 Å². The lowest BCUT2D eigenvalue weighted by Crippen LogP contribution is -2.46. The van der Waals surface area contributed by atoms with Crippen molar-refractivity contribution in [3.63, 3.8) is 0 Å². The Morgan fingerprint density at radius 3 is 2.78 bits per heavy atom. The smallest absolute Gasteiger partial charge is 0.322 e. The zero-order chi connectivity index (χ0) is 22.8. The lowest BCUT2D eigenvalue weighted by molar-refractivity contribution is -0.134. The summed E-state index contributed by atoms with van der Waals surface area (Å²) in [7, 11) is 1.58. The van der Waals surface area contributed by atoms with Crippen LogP contribution in [0.5, 0.6) is 5.75 Å². The van der Waals surface area contributed by atoms with Crippen LogP contribution in [0, 0.1) is 0 Å². The number of nitrogens with one attached hydrogen (secondary N) is 1. The predicted molar refractivity (Wildman–Crippen MR) is 122 cm³/mol. The molecule has 2 heterocycles. The number of urea groups is 1. The van der Waals surface area contributed by atoms with Gasteiger partial charge in [0.15, 0.2) is 0 Å². The van der Waals surface area contributed by atoms with Crippen LogP contribution in [-0.2, 0) is 16.1 Å². The summed E-state index contributed by atoms with van der Waals surface area (Å²) in [4.78, 5) is 29.6. The van der Waals surface area contributed by atoms with E-state index in [2.05, 4.69) is 12.2 Å². The van der Waals surface area contributed by atoms with E-state index in [0.29, 0.717) is 36.8 Å². The predicted octanol–water partition coefficient (Wildman–Crippen LogP) is 4.13. The van der Waals surface area contributed by atoms with Crippen molar-refractivity contribution in [1.82, 2.24) is 9.80 Å². The molecule has 1 aromatic heterocycles. The van der Waals surface area contributed by atoms with Gasteiger partial charge in [0.25, 0.3) is 0 Å². The fourth-order valence-electron chi connectivity index (χ4n) is 3.65. The van der Waals surface area contributed by atoms with Gasteiger partial charge in [-0.05, 0) is 43.5 Å². The van der Waals surface area contributed by atoms with Gasteiger partial charge in [0.1, 0.15) is 18.1 Å². The van der Waals surface area contributed by atoms with E-state index in [0.717, 1.165) is 32.3 Å². The van der Waals surface area contributed by atoms with Crippen molar-refractivity contribution in [3.8, 4) is 5.75 Å². The number of rotatable bonds is 11. The summed E-state index contributed by atoms with van der Waals surface area (Å²) in [5, 5.41) is 2.88. The van der Waals surface area contributed by atoms with Gasteiger partial charge < -0.3 is 29.0 Å². The van der Waals surface area contributed by atoms with Gasteiger partial charge in [-0.25, -0.2) is 4.79 Å². The molecule has 3 rings (SSSR count). The maximum absolute atomic E-state index is 13.3. The molecule has 3 amide bonds. The average Bonchev–Trinajstić information content (AvgIpc) is 3.50. The van der Waals surface area contributed by atoms with Crippen molar-refractivity contribution < 1.29 is 23.5 Å². The molecule has 0 spiro atoms. The number of furan rings is 1. The molecular formula is C24H33N3O5. The van der Waals surface area contributed by atoms with Crippen LogP contribution in [0.25, 0.3) is 0 Å². The van der Waals surface area contributed by atoms with E-state index in [1.807, 2.05) is 18.2 Å². The monoisotopic (exact) mass is 443 g/mol. The lowest BCUT2D eigenvalue weighted by atomic mass is 10.2. The topological polar surface area (TPSA) is 84.2 Å². The van der Waals surface area contributed by atoms with Crippen molar-refractivity contribution in [1.29, 1.82) is 0 Å². The minimum atomic E-state index is -0.310. The fourth-order valence-corrected chi connectivity index (χ4v) is 3.65. The van der Waals surface area contributed by atoms with Gasteiger partial charge in [0.05, 0.1) is 26.0 Å². The van der Waals surface area contributed by atoms with Gasteiger partial charge in [-0.1, -0.05) is 19.4 Å². The SMILES string of the molecule is CCCCN(CC(=O)N(Cc1ccco1)CC1CCCO1)C(=O)Nc1cccc(OC)c1. The Balaban J connectivity index is 1.68. The van der Waals surface area contributed by atoms with E-state index in [-0.39, 0.29) is 24.6 Å². The second-order valence-electron chi connectivity index (χ2n) is 7.93. The van der Waals surface area contributed by atoms with Crippen LogP contribution in [0.3, 0.4) is 0 Å². The summed E-state index contributed by atoms with van der Waals surface area (Å²) in [5.41, 5.74) is 0.620. The summed E-state index contributed by atoms with van der Waals surface area (Å²) in [6, 6.07) is 10.5. The highest BCUT2D eigenvalue weighted by molar-refractivity contribution is 5.92. The number of hydrogen-bond donors (Lipinski definition) is 1. The highest BCUT2D eigenvalue weighted by Crippen LogP contribution is 2.18. The minimum absolute atomic E-state index is 0.0107. The number of methoxy groups -OCH3 is 1. The van der Waals surface area contributed by atoms with E-state index < -0.39 is 0 Å². The molecule has 1 fully saturated rings. The molecule has 1 aliphatic rings. The first kappa shape index (κ1) is 23.7. The Kier molecular flexibility index (Phi) is 8.98. The number of carbonyl (C=O) groups is 2. The summed E-state index contributed by atoms with van der Waals surface area (Å²) in [5.74, 6) is 1.23. The first-order chi connectivity index (χ1) is 15.6. The second kappa shape index (κ2) is 12.1. The first-order valence-electron chi connectivity index (χ1n) is 11.2. The molecule has 0 radical (unpaired) electrons. The third kappa shape index (κ3) is 7.02. The van der Waals surface area contributed by atoms with Crippen molar-refractivity contribution in [2.45, 2.75) is 45.3 Å². The molecular weight excluding hydrogens is 410 g/mol. The van der Waals surface area contributed by atoms with Crippen molar-refractivity contribution in [2.24, 2.45) is 0 Å². The molecule has 1 saturated heterocycles. The summed E-state index contributed by atoms with van der Waals surface area (Å²) < 4.78 is 16.4. The Morgan fingerprint density at radius 1 is 1.22 bits per heavy atom. The Bertz CT molecular complexity index is 849. The number of anilines is 1. The normalized spacial score (nSPS) is 15.4. The van der Waals surface area contributed by atoms with Gasteiger partial charge in [-0.2, -0.15) is 0 Å². The Hall–Kier alpha value is -3.00. The van der Waals surface area contributed by atoms with Crippen LogP contribution in [0.15, 0.2) is 47.1 Å². The maximum Gasteiger partial charge on any atom is 0.322 e. The van der Waals surface area contributed by atoms with Gasteiger partial charge >= 0.3 is 6.03 Å². The van der Waals surface area contributed by atoms with Crippen LogP contribution in [0.1, 0.15) is 38.4 Å². The molecule has 0 aliphatic carbocycles. The molecule has 0 saturated carbocycles. The highest BCUT2D eigenvalue weighted by Gasteiger charge is 2.26. The maximum atomic E-state index is 13.3. The number of nitrogens with zero attached hydrogens (tertiary/aromatic N) is 2. The molecule has 1 N–H and O–H groups in total. The molecule has 8 nitrogen and oxygen atoms in total. The largest absolute Gasteiger partial charge is 0.497 e. The quantitative estimate of drug-likeness (QED) is 0.565. The zero-order valence-corrected chi connectivity index (χ0v) is 18.9. The number of amides is 3. The third-order valence-electron chi connectivity index (χ3n) is 5.44. The van der Waals surface area contributed by atoms with E-state index in [1.165, 1.54) is 0 Å². The van der Waals surface area contributed by atoms with Gasteiger partial charge in [-0.3, -0.25) is 4.79 Å². The van der Waals surface area contributed by atoms with Crippen LogP contribution in [0.2, 0.25) is 0 Å². The van der Waals surface area contributed by atoms with Gasteiger partial charge in [0.2, 0.25) is 5.91 Å². The molecule has 32 heavy (non-hydrogen) atoms. The Morgan fingerprint density at radius 2 is 2.09 bits per heavy atom. The third-order valence-corrected chi connectivity index (χ3v) is 5.44. The standard InChI is InChI=1S/C24H33N3O5/c1-3-4-12-26(24(29)25-19-8-5-9-20(15-19)30-2)18-23(28)27(16-21-10-6-13-31-21)17-22-11-7-14-32-22/h5-6,8-10,13,15,22H,3-4,7,11-12,14,16-18H2,1-2H3,(H,25,29). The molecule has 1 atom stereocenters. The zero-order valence-electron chi connectivity index (χ0n) is 18.9. The van der Waals surface area contributed by atoms with Crippen LogP contribution in [-0.4, -0.2) is 61.2 Å². The van der Waals surface area contributed by atoms with E-state index >= 15 is 0 Å². The Labute approximate surface area is 189 Å². The summed E-state index contributed by atoms with van der Waals surface area (Å²) in [6.45, 7) is 4.10. The number of ether oxygens (including phenoxy) is 2. The van der Waals surface area contributed by atoms with Crippen LogP contribution < -0.4 is 10.1 Å². The van der Waals surface area contributed by atoms with E-state index in [1.54, 1.807) is 41.4 Å². The summed E-state index contributed by atoms with van der Waals surface area (Å²) in [6.07, 6.45) is 5.27. The van der Waals surface area contributed by atoms with E-state index in [4.69, 9.17) is 13.9 Å². The summed E-state index contributed by atoms with van der Waals surface area (Å²) >= 11 is 0. The van der Waals surface area contributed by atoms with Gasteiger partial charge in [-0.15, -0.1) is 0 Å². The van der Waals surface area contributed by atoms with Crippen molar-refractivity contribution in [2.75, 3.05) is 38.7 Å². The van der Waals surface area contributed by atoms with Crippen molar-refractivity contribution >= 4 is 17.6 Å². The minimum Gasteiger partial charge on any atom is -0.497 e. The van der Waals surface area contributed by atoms with Crippen molar-refractivity contribution in [3.05, 3.63) is 48.4 Å². The molecule has 2 aromatic rings. The molecule has 1 aromatic carbocycles. The van der Waals surface area contributed by atoms with Gasteiger partial charge in [0, 0.05) is 31.5 Å². The molecule has 0 bridgehead atoms. The highest BCUT2D eigenvalue weighted by atomic mass is 16.5. The number of carbonyl (C=O) groups excluding carboxylic acids is 2. The number of benzene rings is 1. The molecule has 174 valence electrons. The first-order valence-corrected chi connectivity index (χ1v) is 11.2. The average molecular weight is 444 g/mol. The second-order valence-corrected chi connectivity index (χ2v) is 7.93. The van der Waals surface area contributed by atoms with E-state index in [9.17, 15) is 9.59 Å². The molecule has 1 unspecified atom stereocenters. The molecule has 1 aliphatic heterocycles. The number of unbranched alkanes of at least 4 members (excludes halogenated alkanes) is 1.